The van der Waals surface area contributed by atoms with Gasteiger partial charge >= 0.3 is 11.6 Å². The van der Waals surface area contributed by atoms with Crippen LogP contribution < -0.4 is 21.6 Å². The number of fused-ring (bicyclic) bond motifs is 1. The highest BCUT2D eigenvalue weighted by Gasteiger charge is 2.59. The van der Waals surface area contributed by atoms with Crippen molar-refractivity contribution >= 4 is 46.5 Å². The lowest BCUT2D eigenvalue weighted by atomic mass is 10.1. The molecule has 2 aliphatic heterocycles. The molecule has 2 aliphatic rings. The van der Waals surface area contributed by atoms with Gasteiger partial charge in [-0.1, -0.05) is 12.1 Å². The molecule has 0 bridgehead atoms. The van der Waals surface area contributed by atoms with E-state index in [0.29, 0.717) is 15.9 Å². The number of anilines is 3. The molecule has 2 fully saturated rings. The number of benzene rings is 1. The Kier molecular flexibility index (Phi) is 11.3. The number of halogens is 3. The molecule has 270 valence electrons. The number of pyridine rings is 2. The van der Waals surface area contributed by atoms with Gasteiger partial charge in [0, 0.05) is 74.5 Å². The van der Waals surface area contributed by atoms with Crippen molar-refractivity contribution < 1.29 is 28.5 Å². The van der Waals surface area contributed by atoms with E-state index >= 15 is 0 Å². The van der Waals surface area contributed by atoms with Crippen molar-refractivity contribution in [3.8, 4) is 11.1 Å². The normalized spacial score (nSPS) is 20.0. The Balaban J connectivity index is 0.000000226. The van der Waals surface area contributed by atoms with Crippen molar-refractivity contribution in [1.82, 2.24) is 34.2 Å². The molecule has 0 radical (unpaired) electrons. The molecular weight excluding hydrogens is 690 g/mol. The molecular formula is C33H37ClF2N10O5. The van der Waals surface area contributed by atoms with Crippen LogP contribution in [0.5, 0.6) is 0 Å². The third kappa shape index (κ3) is 8.13. The fourth-order valence-corrected chi connectivity index (χ4v) is 5.64. The summed E-state index contributed by atoms with van der Waals surface area (Å²) in [5.41, 5.74) is 6.89. The van der Waals surface area contributed by atoms with Crippen LogP contribution in [-0.2, 0) is 11.8 Å². The van der Waals surface area contributed by atoms with E-state index in [-0.39, 0.29) is 24.1 Å². The van der Waals surface area contributed by atoms with Crippen LogP contribution in [0.1, 0.15) is 16.6 Å². The van der Waals surface area contributed by atoms with E-state index in [1.54, 1.807) is 23.1 Å². The van der Waals surface area contributed by atoms with Gasteiger partial charge in [0.15, 0.2) is 6.10 Å². The smallest absolute Gasteiger partial charge is 0.351 e. The SMILES string of the molecule is CN1CCN(c2cc(C(=O)Nc3cc4cc(-c5cnn(C)c5)ccc4cn3)ccn2)CC1.Cl.Nc1ccn(C2OC(CO)C(O)C2(F)F)c(=O)n1. The number of aliphatic hydroxyl groups is 2. The minimum absolute atomic E-state index is 0. The molecule has 5 aromatic rings. The first-order valence-electron chi connectivity index (χ1n) is 15.7. The van der Waals surface area contributed by atoms with Crippen molar-refractivity contribution in [3.63, 3.8) is 0 Å². The number of aryl methyl sites for hydroxylation is 1. The van der Waals surface area contributed by atoms with Crippen molar-refractivity contribution in [2.45, 2.75) is 24.4 Å². The summed E-state index contributed by atoms with van der Waals surface area (Å²) >= 11 is 0. The predicted molar refractivity (Wildman–Crippen MR) is 188 cm³/mol. The second-order valence-corrected chi connectivity index (χ2v) is 12.1. The molecule has 0 aliphatic carbocycles. The number of carbonyl (C=O) groups excluding carboxylic acids is 1. The quantitative estimate of drug-likeness (QED) is 0.200. The number of nitrogens with zero attached hydrogens (tertiary/aromatic N) is 8. The Hall–Kier alpha value is -5.07. The van der Waals surface area contributed by atoms with Gasteiger partial charge in [-0.05, 0) is 48.3 Å². The molecule has 15 nitrogen and oxygen atoms in total. The molecule has 1 amide bonds. The summed E-state index contributed by atoms with van der Waals surface area (Å²) in [4.78, 5) is 41.0. The van der Waals surface area contributed by atoms with Gasteiger partial charge < -0.3 is 35.8 Å². The van der Waals surface area contributed by atoms with Gasteiger partial charge in [0.05, 0.1) is 12.8 Å². The van der Waals surface area contributed by atoms with Crippen molar-refractivity contribution in [3.05, 3.63) is 89.5 Å². The van der Waals surface area contributed by atoms with E-state index in [2.05, 4.69) is 54.3 Å². The van der Waals surface area contributed by atoms with Crippen LogP contribution in [0.2, 0.25) is 0 Å². The predicted octanol–water partition coefficient (Wildman–Crippen LogP) is 2.17. The average molecular weight is 727 g/mol. The highest BCUT2D eigenvalue weighted by molar-refractivity contribution is 6.05. The van der Waals surface area contributed by atoms with Gasteiger partial charge in [0.25, 0.3) is 5.91 Å². The number of aliphatic hydroxyl groups excluding tert-OH is 2. The number of likely N-dealkylation sites (N-methyl/N-ethyl adjacent to an activating group) is 1. The van der Waals surface area contributed by atoms with Crippen molar-refractivity contribution in [1.29, 1.82) is 0 Å². The summed E-state index contributed by atoms with van der Waals surface area (Å²) in [6.45, 7) is 2.99. The number of alkyl halides is 2. The maximum atomic E-state index is 13.7. The number of nitrogen functional groups attached to an aromatic ring is 1. The number of hydrogen-bond acceptors (Lipinski definition) is 12. The third-order valence-electron chi connectivity index (χ3n) is 8.50. The van der Waals surface area contributed by atoms with E-state index in [0.717, 1.165) is 66.2 Å². The van der Waals surface area contributed by atoms with Gasteiger partial charge in [-0.3, -0.25) is 14.0 Å². The summed E-state index contributed by atoms with van der Waals surface area (Å²) in [5, 5.41) is 27.3. The molecule has 0 spiro atoms. The topological polar surface area (TPSA) is 190 Å². The molecule has 2 saturated heterocycles. The number of carbonyl (C=O) groups is 1. The second kappa shape index (κ2) is 15.4. The van der Waals surface area contributed by atoms with Crippen LogP contribution >= 0.6 is 12.4 Å². The Labute approximate surface area is 296 Å². The zero-order valence-corrected chi connectivity index (χ0v) is 28.5. The Morgan fingerprint density at radius 2 is 1.80 bits per heavy atom. The van der Waals surface area contributed by atoms with Crippen LogP contribution in [0.15, 0.2) is 78.2 Å². The lowest BCUT2D eigenvalue weighted by Gasteiger charge is -2.33. The van der Waals surface area contributed by atoms with Crippen LogP contribution in [0.4, 0.5) is 26.2 Å². The lowest BCUT2D eigenvalue weighted by molar-refractivity contribution is -0.140. The lowest BCUT2D eigenvalue weighted by Crippen LogP contribution is -2.44. The van der Waals surface area contributed by atoms with Gasteiger partial charge in [0.1, 0.15) is 23.6 Å². The maximum absolute atomic E-state index is 13.7. The van der Waals surface area contributed by atoms with E-state index in [1.165, 1.54) is 0 Å². The summed E-state index contributed by atoms with van der Waals surface area (Å²) in [5.74, 6) is -2.67. The Bertz CT molecular complexity index is 2060. The molecule has 18 heteroatoms. The molecule has 5 N–H and O–H groups in total. The minimum Gasteiger partial charge on any atom is -0.394 e. The molecule has 1 aromatic carbocycles. The molecule has 0 saturated carbocycles. The molecule has 3 atom stereocenters. The fourth-order valence-electron chi connectivity index (χ4n) is 5.64. The number of aromatic nitrogens is 6. The third-order valence-corrected chi connectivity index (χ3v) is 8.50. The minimum atomic E-state index is -3.71. The zero-order chi connectivity index (χ0) is 35.6. The van der Waals surface area contributed by atoms with E-state index in [4.69, 9.17) is 15.6 Å². The summed E-state index contributed by atoms with van der Waals surface area (Å²) in [6.07, 6.45) is 2.60. The summed E-state index contributed by atoms with van der Waals surface area (Å²) in [6, 6.07) is 12.8. The summed E-state index contributed by atoms with van der Waals surface area (Å²) in [7, 11) is 4.02. The molecule has 7 rings (SSSR count). The van der Waals surface area contributed by atoms with Gasteiger partial charge in [-0.25, -0.2) is 14.8 Å². The van der Waals surface area contributed by atoms with Crippen LogP contribution in [0, 0.1) is 0 Å². The standard InChI is InChI=1S/C24H25N7O.C9H11F2N3O4.ClH/c1-29-7-9-31(10-8-29)23-13-18(5-6-25-23)24(32)28-22-12-20-11-17(3-4-19(20)14-26-22)21-15-27-30(2)16-21;10-9(11)6(16)4(3-15)18-7(9)14-2-1-5(12)13-8(14)17;/h3-6,11-16H,7-10H2,1-2H3,(H,26,28,32);1-2,4,6-7,15-16H,3H2,(H2,12,13,17);1H. The van der Waals surface area contributed by atoms with Gasteiger partial charge in [-0.15, -0.1) is 12.4 Å². The first-order chi connectivity index (χ1) is 23.9. The van der Waals surface area contributed by atoms with Crippen LogP contribution in [-0.4, -0.2) is 108 Å². The average Bonchev–Trinajstić information content (AvgIpc) is 3.64. The van der Waals surface area contributed by atoms with E-state index < -0.39 is 36.7 Å². The monoisotopic (exact) mass is 726 g/mol. The number of hydrogen-bond donors (Lipinski definition) is 4. The van der Waals surface area contributed by atoms with Crippen molar-refractivity contribution in [2.75, 3.05) is 55.8 Å². The van der Waals surface area contributed by atoms with Crippen molar-refractivity contribution in [2.24, 2.45) is 7.05 Å². The zero-order valence-electron chi connectivity index (χ0n) is 27.6. The Morgan fingerprint density at radius 3 is 2.47 bits per heavy atom. The second-order valence-electron chi connectivity index (χ2n) is 12.1. The number of nitrogens with two attached hydrogens (primary N) is 1. The number of piperazine rings is 1. The molecule has 4 aromatic heterocycles. The first kappa shape index (κ1) is 37.2. The highest BCUT2D eigenvalue weighted by Crippen LogP contribution is 2.42. The maximum Gasteiger partial charge on any atom is 0.351 e. The Morgan fingerprint density at radius 1 is 1.04 bits per heavy atom. The number of amides is 1. The fraction of sp³-hybridized carbons (Fsp3) is 0.333. The number of rotatable bonds is 6. The van der Waals surface area contributed by atoms with Crippen LogP contribution in [0.25, 0.3) is 21.9 Å². The van der Waals surface area contributed by atoms with Crippen LogP contribution in [0.3, 0.4) is 0 Å². The van der Waals surface area contributed by atoms with Gasteiger partial charge in [0.2, 0.25) is 6.23 Å². The van der Waals surface area contributed by atoms with Gasteiger partial charge in [-0.2, -0.15) is 18.9 Å². The summed E-state index contributed by atoms with van der Waals surface area (Å²) < 4.78 is 34.5. The first-order valence-corrected chi connectivity index (χ1v) is 15.7. The highest BCUT2D eigenvalue weighted by atomic mass is 35.5. The number of nitrogens with one attached hydrogen (secondary N) is 1. The number of ether oxygens (including phenoxy) is 1. The van der Waals surface area contributed by atoms with E-state index in [9.17, 15) is 23.5 Å². The molecule has 51 heavy (non-hydrogen) atoms. The molecule has 6 heterocycles. The molecule has 3 unspecified atom stereocenters. The van der Waals surface area contributed by atoms with E-state index in [1.807, 2.05) is 37.6 Å². The largest absolute Gasteiger partial charge is 0.394 e.